The molecule has 0 saturated carbocycles. The Bertz CT molecular complexity index is 154. The van der Waals surface area contributed by atoms with Gasteiger partial charge in [-0.3, -0.25) is 0 Å². The lowest BCUT2D eigenvalue weighted by Crippen LogP contribution is -2.50. The van der Waals surface area contributed by atoms with E-state index in [0.29, 0.717) is 6.61 Å². The molecule has 12 heavy (non-hydrogen) atoms. The van der Waals surface area contributed by atoms with E-state index >= 15 is 0 Å². The fourth-order valence-corrected chi connectivity index (χ4v) is 1.76. The van der Waals surface area contributed by atoms with Crippen molar-refractivity contribution >= 4 is 0 Å². The molecule has 5 atom stereocenters. The van der Waals surface area contributed by atoms with Gasteiger partial charge in [0.25, 0.3) is 0 Å². The summed E-state index contributed by atoms with van der Waals surface area (Å²) in [6, 6.07) is 0. The van der Waals surface area contributed by atoms with E-state index in [0.717, 1.165) is 0 Å². The maximum Gasteiger partial charge on any atom is 0.156 e. The molecule has 2 saturated heterocycles. The Labute approximate surface area is 71.4 Å². The number of hydrogen-bond donors (Lipinski definition) is 1. The van der Waals surface area contributed by atoms with Crippen molar-refractivity contribution in [3.63, 3.8) is 0 Å². The van der Waals surface area contributed by atoms with Crippen LogP contribution in [0.1, 0.15) is 13.8 Å². The van der Waals surface area contributed by atoms with E-state index in [1.165, 1.54) is 0 Å². The fraction of sp³-hybridized carbons (Fsp3) is 1.00. The zero-order valence-corrected chi connectivity index (χ0v) is 7.27. The summed E-state index contributed by atoms with van der Waals surface area (Å²) in [4.78, 5) is 0. The molecule has 0 radical (unpaired) electrons. The summed E-state index contributed by atoms with van der Waals surface area (Å²) in [5.74, 6) is 0. The SMILES string of the molecule is CC1OC2C(O)COC(C)C2O1. The normalized spacial score (nSPS) is 53.8. The van der Waals surface area contributed by atoms with Crippen molar-refractivity contribution in [2.24, 2.45) is 0 Å². The number of aliphatic hydroxyl groups excluding tert-OH is 1. The highest BCUT2D eigenvalue weighted by Crippen LogP contribution is 2.29. The van der Waals surface area contributed by atoms with E-state index in [1.807, 2.05) is 13.8 Å². The maximum absolute atomic E-state index is 9.48. The second kappa shape index (κ2) is 2.96. The highest BCUT2D eigenvalue weighted by atomic mass is 16.7. The number of ether oxygens (including phenoxy) is 3. The molecule has 2 aliphatic heterocycles. The summed E-state index contributed by atoms with van der Waals surface area (Å²) in [6.07, 6.45) is -1.06. The fourth-order valence-electron chi connectivity index (χ4n) is 1.76. The van der Waals surface area contributed by atoms with Crippen LogP contribution in [0, 0.1) is 0 Å². The molecule has 0 aromatic rings. The molecule has 0 aromatic carbocycles. The van der Waals surface area contributed by atoms with Crippen LogP contribution in [-0.4, -0.2) is 42.4 Å². The molecule has 4 nitrogen and oxygen atoms in total. The Balaban J connectivity index is 2.09. The molecule has 0 aromatic heterocycles. The van der Waals surface area contributed by atoms with Crippen molar-refractivity contribution in [1.82, 2.24) is 0 Å². The molecule has 2 fully saturated rings. The van der Waals surface area contributed by atoms with Gasteiger partial charge in [0.2, 0.25) is 0 Å². The minimum atomic E-state index is -0.545. The summed E-state index contributed by atoms with van der Waals surface area (Å²) in [5.41, 5.74) is 0. The molecule has 4 heteroatoms. The zero-order chi connectivity index (χ0) is 8.72. The highest BCUT2D eigenvalue weighted by Gasteiger charge is 2.45. The lowest BCUT2D eigenvalue weighted by Gasteiger charge is -2.32. The van der Waals surface area contributed by atoms with Gasteiger partial charge >= 0.3 is 0 Å². The van der Waals surface area contributed by atoms with Crippen LogP contribution in [0.4, 0.5) is 0 Å². The topological polar surface area (TPSA) is 47.9 Å². The average molecular weight is 174 g/mol. The van der Waals surface area contributed by atoms with Crippen LogP contribution < -0.4 is 0 Å². The van der Waals surface area contributed by atoms with E-state index < -0.39 is 6.10 Å². The lowest BCUT2D eigenvalue weighted by atomic mass is 10.0. The second-order valence-corrected chi connectivity index (χ2v) is 3.37. The first-order chi connectivity index (χ1) is 5.68. The molecule has 5 unspecified atom stereocenters. The van der Waals surface area contributed by atoms with E-state index in [2.05, 4.69) is 0 Å². The summed E-state index contributed by atoms with van der Waals surface area (Å²) >= 11 is 0. The Morgan fingerprint density at radius 2 is 1.83 bits per heavy atom. The molecular formula is C8H14O4. The molecule has 2 aliphatic rings. The molecule has 0 aliphatic carbocycles. The van der Waals surface area contributed by atoms with Gasteiger partial charge in [0, 0.05) is 0 Å². The van der Waals surface area contributed by atoms with E-state index in [-0.39, 0.29) is 24.6 Å². The van der Waals surface area contributed by atoms with Crippen LogP contribution in [-0.2, 0) is 14.2 Å². The minimum Gasteiger partial charge on any atom is -0.388 e. The van der Waals surface area contributed by atoms with Crippen LogP contribution in [0.25, 0.3) is 0 Å². The second-order valence-electron chi connectivity index (χ2n) is 3.37. The third-order valence-electron chi connectivity index (χ3n) is 2.39. The van der Waals surface area contributed by atoms with Crippen molar-refractivity contribution < 1.29 is 19.3 Å². The third-order valence-corrected chi connectivity index (χ3v) is 2.39. The third kappa shape index (κ3) is 1.25. The Morgan fingerprint density at radius 1 is 1.17 bits per heavy atom. The van der Waals surface area contributed by atoms with Gasteiger partial charge in [0.05, 0.1) is 12.7 Å². The van der Waals surface area contributed by atoms with E-state index in [9.17, 15) is 5.11 Å². The minimum absolute atomic E-state index is 0.0170. The van der Waals surface area contributed by atoms with E-state index in [1.54, 1.807) is 0 Å². The van der Waals surface area contributed by atoms with Crippen molar-refractivity contribution in [3.8, 4) is 0 Å². The molecule has 2 heterocycles. The summed E-state index contributed by atoms with van der Waals surface area (Å²) in [6.45, 7) is 4.11. The zero-order valence-electron chi connectivity index (χ0n) is 7.27. The van der Waals surface area contributed by atoms with Gasteiger partial charge in [0.1, 0.15) is 18.3 Å². The monoisotopic (exact) mass is 174 g/mol. The van der Waals surface area contributed by atoms with Crippen molar-refractivity contribution in [2.45, 2.75) is 44.6 Å². The largest absolute Gasteiger partial charge is 0.388 e. The lowest BCUT2D eigenvalue weighted by molar-refractivity contribution is -0.136. The number of rotatable bonds is 0. The first-order valence-corrected chi connectivity index (χ1v) is 4.29. The Kier molecular flexibility index (Phi) is 2.08. The predicted molar refractivity (Wildman–Crippen MR) is 40.6 cm³/mol. The van der Waals surface area contributed by atoms with Gasteiger partial charge in [-0.2, -0.15) is 0 Å². The molecule has 1 N–H and O–H groups in total. The highest BCUT2D eigenvalue weighted by molar-refractivity contribution is 4.90. The summed E-state index contributed by atoms with van der Waals surface area (Å²) < 4.78 is 16.1. The maximum atomic E-state index is 9.48. The smallest absolute Gasteiger partial charge is 0.156 e. The number of hydrogen-bond acceptors (Lipinski definition) is 4. The molecule has 70 valence electrons. The van der Waals surface area contributed by atoms with Gasteiger partial charge in [-0.05, 0) is 13.8 Å². The number of fused-ring (bicyclic) bond motifs is 1. The first-order valence-electron chi connectivity index (χ1n) is 4.29. The van der Waals surface area contributed by atoms with Crippen LogP contribution >= 0.6 is 0 Å². The van der Waals surface area contributed by atoms with Crippen LogP contribution in [0.5, 0.6) is 0 Å². The van der Waals surface area contributed by atoms with Crippen molar-refractivity contribution in [3.05, 3.63) is 0 Å². The van der Waals surface area contributed by atoms with Crippen LogP contribution in [0.2, 0.25) is 0 Å². The Morgan fingerprint density at radius 3 is 2.50 bits per heavy atom. The standard InChI is InChI=1S/C8H14O4/c1-4-7-8(6(9)3-10-4)12-5(2)11-7/h4-9H,3H2,1-2H3. The molecule has 0 amide bonds. The first kappa shape index (κ1) is 8.44. The van der Waals surface area contributed by atoms with Crippen molar-refractivity contribution in [1.29, 1.82) is 0 Å². The van der Waals surface area contributed by atoms with E-state index in [4.69, 9.17) is 14.2 Å². The predicted octanol–water partition coefficient (Wildman–Crippen LogP) is -0.104. The molecule has 2 rings (SSSR count). The van der Waals surface area contributed by atoms with Gasteiger partial charge < -0.3 is 19.3 Å². The van der Waals surface area contributed by atoms with Gasteiger partial charge in [0.15, 0.2) is 6.29 Å². The number of aliphatic hydroxyl groups is 1. The molecule has 0 spiro atoms. The average Bonchev–Trinajstić information content (AvgIpc) is 2.41. The summed E-state index contributed by atoms with van der Waals surface area (Å²) in [7, 11) is 0. The summed E-state index contributed by atoms with van der Waals surface area (Å²) in [5, 5.41) is 9.48. The van der Waals surface area contributed by atoms with Crippen LogP contribution in [0.15, 0.2) is 0 Å². The Hall–Kier alpha value is -0.160. The molecule has 0 bridgehead atoms. The molecular weight excluding hydrogens is 160 g/mol. The van der Waals surface area contributed by atoms with Crippen molar-refractivity contribution in [2.75, 3.05) is 6.61 Å². The van der Waals surface area contributed by atoms with Gasteiger partial charge in [-0.1, -0.05) is 0 Å². The quantitative estimate of drug-likeness (QED) is 0.557. The van der Waals surface area contributed by atoms with Crippen LogP contribution in [0.3, 0.4) is 0 Å². The van der Waals surface area contributed by atoms with Gasteiger partial charge in [-0.25, -0.2) is 0 Å². The van der Waals surface area contributed by atoms with Gasteiger partial charge in [-0.15, -0.1) is 0 Å².